The van der Waals surface area contributed by atoms with Crippen LogP contribution in [0, 0.1) is 0 Å². The van der Waals surface area contributed by atoms with Crippen LogP contribution in [-0.4, -0.2) is 11.4 Å². The number of benzene rings is 1. The Morgan fingerprint density at radius 3 is 1.61 bits per heavy atom. The van der Waals surface area contributed by atoms with Gasteiger partial charge in [-0.15, -0.1) is 0 Å². The summed E-state index contributed by atoms with van der Waals surface area (Å²) in [5.41, 5.74) is 3.58. The molecule has 0 radical (unpaired) electrons. The van der Waals surface area contributed by atoms with Gasteiger partial charge in [0.2, 0.25) is 0 Å². The molecule has 1 N–H and O–H groups in total. The van der Waals surface area contributed by atoms with Crippen LogP contribution in [0.25, 0.3) is 0 Å². The number of carbonyl (C=O) groups excluding carboxylic acids is 1. The Morgan fingerprint density at radius 2 is 1.39 bits per heavy atom. The predicted molar refractivity (Wildman–Crippen MR) is 75.2 cm³/mol. The van der Waals surface area contributed by atoms with E-state index in [1.54, 1.807) is 0 Å². The van der Waals surface area contributed by atoms with E-state index in [1.165, 1.54) is 0 Å². The van der Waals surface area contributed by atoms with Crippen molar-refractivity contribution in [3.63, 3.8) is 0 Å². The van der Waals surface area contributed by atoms with E-state index in [-0.39, 0.29) is 17.4 Å². The van der Waals surface area contributed by atoms with Crippen LogP contribution in [-0.2, 0) is 17.4 Å². The molecule has 0 amide bonds. The van der Waals surface area contributed by atoms with E-state index < -0.39 is 0 Å². The van der Waals surface area contributed by atoms with Gasteiger partial charge in [0.1, 0.15) is 6.29 Å². The van der Waals surface area contributed by atoms with Crippen molar-refractivity contribution in [1.29, 1.82) is 0 Å². The van der Waals surface area contributed by atoms with Crippen LogP contribution in [0.1, 0.15) is 68.6 Å². The molecule has 0 aliphatic heterocycles. The van der Waals surface area contributed by atoms with E-state index in [1.807, 2.05) is 12.1 Å². The summed E-state index contributed by atoms with van der Waals surface area (Å²) in [6.07, 6.45) is 0.881. The molecule has 18 heavy (non-hydrogen) atoms. The highest BCUT2D eigenvalue weighted by Crippen LogP contribution is 2.34. The molecule has 0 heterocycles. The average molecular weight is 248 g/mol. The third kappa shape index (κ3) is 2.99. The normalized spacial score (nSPS) is 12.6. The lowest BCUT2D eigenvalue weighted by molar-refractivity contribution is 0.112. The van der Waals surface area contributed by atoms with Gasteiger partial charge in [-0.05, 0) is 39.7 Å². The molecule has 0 spiro atoms. The van der Waals surface area contributed by atoms with Gasteiger partial charge in [0.15, 0.2) is 0 Å². The summed E-state index contributed by atoms with van der Waals surface area (Å²) in [7, 11) is 0. The quantitative estimate of drug-likeness (QED) is 0.812. The minimum Gasteiger partial charge on any atom is -0.392 e. The SMILES string of the molecule is CC(C)(C)c1cc(C=O)cc(C(C)(C)C)c1CO. The molecule has 0 saturated carbocycles. The molecule has 0 atom stereocenters. The molecule has 0 aliphatic carbocycles. The molecular formula is C16H24O2. The molecule has 0 unspecified atom stereocenters. The number of aliphatic hydroxyl groups excluding tert-OH is 1. The summed E-state index contributed by atoms with van der Waals surface area (Å²) in [6, 6.07) is 3.79. The zero-order chi connectivity index (χ0) is 14.1. The van der Waals surface area contributed by atoms with Gasteiger partial charge in [0.05, 0.1) is 6.61 Å². The van der Waals surface area contributed by atoms with Gasteiger partial charge < -0.3 is 5.11 Å². The monoisotopic (exact) mass is 248 g/mol. The Balaban J connectivity index is 3.66. The van der Waals surface area contributed by atoms with Crippen molar-refractivity contribution in [3.8, 4) is 0 Å². The largest absolute Gasteiger partial charge is 0.392 e. The first-order chi connectivity index (χ1) is 8.11. The third-order valence-corrected chi connectivity index (χ3v) is 3.18. The molecule has 1 aromatic carbocycles. The average Bonchev–Trinajstić information content (AvgIpc) is 2.24. The highest BCUT2D eigenvalue weighted by molar-refractivity contribution is 5.76. The van der Waals surface area contributed by atoms with E-state index in [0.717, 1.165) is 23.0 Å². The zero-order valence-electron chi connectivity index (χ0n) is 12.3. The van der Waals surface area contributed by atoms with Crippen LogP contribution >= 0.6 is 0 Å². The fourth-order valence-corrected chi connectivity index (χ4v) is 2.27. The zero-order valence-corrected chi connectivity index (χ0v) is 12.3. The molecule has 1 rings (SSSR count). The lowest BCUT2D eigenvalue weighted by Gasteiger charge is -2.30. The van der Waals surface area contributed by atoms with E-state index in [0.29, 0.717) is 5.56 Å². The summed E-state index contributed by atoms with van der Waals surface area (Å²) >= 11 is 0. The fourth-order valence-electron chi connectivity index (χ4n) is 2.27. The lowest BCUT2D eigenvalue weighted by atomic mass is 9.75. The van der Waals surface area contributed by atoms with Crippen LogP contribution in [0.4, 0.5) is 0 Å². The number of aliphatic hydroxyl groups is 1. The first kappa shape index (κ1) is 14.9. The molecule has 0 saturated heterocycles. The molecular weight excluding hydrogens is 224 g/mol. The van der Waals surface area contributed by atoms with Gasteiger partial charge in [-0.3, -0.25) is 4.79 Å². The van der Waals surface area contributed by atoms with Crippen molar-refractivity contribution in [3.05, 3.63) is 34.4 Å². The maximum Gasteiger partial charge on any atom is 0.150 e. The second kappa shape index (κ2) is 4.85. The van der Waals surface area contributed by atoms with Crippen molar-refractivity contribution in [2.24, 2.45) is 0 Å². The van der Waals surface area contributed by atoms with E-state index >= 15 is 0 Å². The lowest BCUT2D eigenvalue weighted by Crippen LogP contribution is -2.22. The van der Waals surface area contributed by atoms with Gasteiger partial charge in [0, 0.05) is 5.56 Å². The van der Waals surface area contributed by atoms with Crippen molar-refractivity contribution in [2.45, 2.75) is 59.0 Å². The fraction of sp³-hybridized carbons (Fsp3) is 0.562. The third-order valence-electron chi connectivity index (χ3n) is 3.18. The van der Waals surface area contributed by atoms with E-state index in [2.05, 4.69) is 41.5 Å². The maximum atomic E-state index is 11.1. The van der Waals surface area contributed by atoms with Gasteiger partial charge in [0.25, 0.3) is 0 Å². The second-order valence-electron chi connectivity index (χ2n) is 6.87. The Bertz CT molecular complexity index is 410. The first-order valence-corrected chi connectivity index (χ1v) is 6.35. The topological polar surface area (TPSA) is 37.3 Å². The molecule has 0 aliphatic rings. The van der Waals surface area contributed by atoms with Gasteiger partial charge in [-0.25, -0.2) is 0 Å². The number of hydrogen-bond donors (Lipinski definition) is 1. The highest BCUT2D eigenvalue weighted by Gasteiger charge is 2.25. The maximum absolute atomic E-state index is 11.1. The van der Waals surface area contributed by atoms with Crippen molar-refractivity contribution in [2.75, 3.05) is 0 Å². The summed E-state index contributed by atoms with van der Waals surface area (Å²) in [5, 5.41) is 9.70. The van der Waals surface area contributed by atoms with Crippen molar-refractivity contribution < 1.29 is 9.90 Å². The van der Waals surface area contributed by atoms with Crippen LogP contribution in [0.5, 0.6) is 0 Å². The van der Waals surface area contributed by atoms with Crippen LogP contribution in [0.15, 0.2) is 12.1 Å². The van der Waals surface area contributed by atoms with Gasteiger partial charge in [-0.2, -0.15) is 0 Å². The number of rotatable bonds is 2. The smallest absolute Gasteiger partial charge is 0.150 e. The van der Waals surface area contributed by atoms with Gasteiger partial charge >= 0.3 is 0 Å². The van der Waals surface area contributed by atoms with Crippen LogP contribution in [0.3, 0.4) is 0 Å². The predicted octanol–water partition coefficient (Wildman–Crippen LogP) is 3.59. The Morgan fingerprint density at radius 1 is 1.00 bits per heavy atom. The molecule has 0 aromatic heterocycles. The first-order valence-electron chi connectivity index (χ1n) is 6.35. The van der Waals surface area contributed by atoms with Crippen molar-refractivity contribution in [1.82, 2.24) is 0 Å². The minimum absolute atomic E-state index is 0.0122. The van der Waals surface area contributed by atoms with Crippen molar-refractivity contribution >= 4 is 6.29 Å². The van der Waals surface area contributed by atoms with E-state index in [9.17, 15) is 9.90 Å². The molecule has 1 aromatic rings. The summed E-state index contributed by atoms with van der Waals surface area (Å²) < 4.78 is 0. The number of carbonyl (C=O) groups is 1. The molecule has 0 fully saturated rings. The van der Waals surface area contributed by atoms with E-state index in [4.69, 9.17) is 0 Å². The Kier molecular flexibility index (Phi) is 4.02. The highest BCUT2D eigenvalue weighted by atomic mass is 16.3. The molecule has 2 nitrogen and oxygen atoms in total. The summed E-state index contributed by atoms with van der Waals surface area (Å²) in [4.78, 5) is 11.1. The minimum atomic E-state index is -0.0862. The van der Waals surface area contributed by atoms with Gasteiger partial charge in [-0.1, -0.05) is 41.5 Å². The molecule has 2 heteroatoms. The number of aldehydes is 1. The molecule has 0 bridgehead atoms. The standard InChI is InChI=1S/C16H24O2/c1-15(2,3)13-7-11(9-17)8-14(12(13)10-18)16(4,5)6/h7-9,18H,10H2,1-6H3. The number of hydrogen-bond acceptors (Lipinski definition) is 2. The summed E-state index contributed by atoms with van der Waals surface area (Å²) in [5.74, 6) is 0. The Hall–Kier alpha value is -1.15. The molecule has 100 valence electrons. The van der Waals surface area contributed by atoms with Crippen LogP contribution < -0.4 is 0 Å². The summed E-state index contributed by atoms with van der Waals surface area (Å²) in [6.45, 7) is 12.6. The Labute approximate surface area is 110 Å². The second-order valence-corrected chi connectivity index (χ2v) is 6.87. The van der Waals surface area contributed by atoms with Crippen LogP contribution in [0.2, 0.25) is 0 Å².